The van der Waals surface area contributed by atoms with Crippen molar-refractivity contribution >= 4 is 11.6 Å². The first kappa shape index (κ1) is 12.1. The van der Waals surface area contributed by atoms with Crippen LogP contribution >= 0.6 is 0 Å². The molecular formula is C14H20N2O. The molecule has 17 heavy (non-hydrogen) atoms. The van der Waals surface area contributed by atoms with Crippen LogP contribution in [0.1, 0.15) is 25.3 Å². The molecule has 1 aromatic rings. The van der Waals surface area contributed by atoms with Crippen molar-refractivity contribution in [1.82, 2.24) is 5.32 Å². The maximum atomic E-state index is 11.6. The summed E-state index contributed by atoms with van der Waals surface area (Å²) in [5.41, 5.74) is 2.16. The van der Waals surface area contributed by atoms with E-state index in [1.165, 1.54) is 18.4 Å². The van der Waals surface area contributed by atoms with Crippen LogP contribution in [0.3, 0.4) is 0 Å². The number of carbonyl (C=O) groups excluding carboxylic acids is 1. The summed E-state index contributed by atoms with van der Waals surface area (Å²) < 4.78 is 0. The summed E-state index contributed by atoms with van der Waals surface area (Å²) in [6.07, 6.45) is 3.65. The fourth-order valence-corrected chi connectivity index (χ4v) is 1.74. The smallest absolute Gasteiger partial charge is 0.238 e. The van der Waals surface area contributed by atoms with Crippen molar-refractivity contribution in [3.8, 4) is 0 Å². The van der Waals surface area contributed by atoms with Crippen LogP contribution in [0.4, 0.5) is 5.69 Å². The van der Waals surface area contributed by atoms with Crippen molar-refractivity contribution in [3.05, 3.63) is 29.8 Å². The number of carbonyl (C=O) groups is 1. The second-order valence-electron chi connectivity index (χ2n) is 4.67. The van der Waals surface area contributed by atoms with E-state index >= 15 is 0 Å². The van der Waals surface area contributed by atoms with Crippen LogP contribution in [0.5, 0.6) is 0 Å². The van der Waals surface area contributed by atoms with Crippen molar-refractivity contribution in [2.75, 3.05) is 18.4 Å². The van der Waals surface area contributed by atoms with Crippen molar-refractivity contribution in [1.29, 1.82) is 0 Å². The Balaban J connectivity index is 1.72. The molecule has 0 heterocycles. The van der Waals surface area contributed by atoms with Crippen LogP contribution < -0.4 is 10.6 Å². The van der Waals surface area contributed by atoms with Gasteiger partial charge >= 0.3 is 0 Å². The van der Waals surface area contributed by atoms with Gasteiger partial charge in [0, 0.05) is 5.69 Å². The molecule has 1 aliphatic rings. The normalized spacial score (nSPS) is 14.6. The minimum atomic E-state index is 0.0369. The predicted octanol–water partition coefficient (Wildman–Crippen LogP) is 2.19. The third-order valence-electron chi connectivity index (χ3n) is 3.06. The maximum Gasteiger partial charge on any atom is 0.238 e. The summed E-state index contributed by atoms with van der Waals surface area (Å²) in [5.74, 6) is 0.849. The minimum absolute atomic E-state index is 0.0369. The van der Waals surface area contributed by atoms with Gasteiger partial charge in [0.15, 0.2) is 0 Å². The molecule has 0 bridgehead atoms. The number of aryl methyl sites for hydroxylation is 1. The van der Waals surface area contributed by atoms with E-state index in [2.05, 4.69) is 17.6 Å². The van der Waals surface area contributed by atoms with Crippen molar-refractivity contribution in [3.63, 3.8) is 0 Å². The summed E-state index contributed by atoms with van der Waals surface area (Å²) in [6, 6.07) is 8.01. The number of nitrogens with one attached hydrogen (secondary N) is 2. The molecule has 0 radical (unpaired) electrons. The fraction of sp³-hybridized carbons (Fsp3) is 0.500. The second kappa shape index (κ2) is 5.82. The van der Waals surface area contributed by atoms with E-state index in [9.17, 15) is 4.79 Å². The summed E-state index contributed by atoms with van der Waals surface area (Å²) in [7, 11) is 0. The van der Waals surface area contributed by atoms with Gasteiger partial charge in [0.25, 0.3) is 0 Å². The molecule has 1 saturated carbocycles. The number of amides is 1. The van der Waals surface area contributed by atoms with Gasteiger partial charge in [-0.3, -0.25) is 4.79 Å². The Hall–Kier alpha value is -1.35. The fourth-order valence-electron chi connectivity index (χ4n) is 1.74. The Morgan fingerprint density at radius 1 is 1.29 bits per heavy atom. The highest BCUT2D eigenvalue weighted by Gasteiger charge is 2.20. The SMILES string of the molecule is CCc1ccc(NC(=O)CNCC2CC2)cc1. The van der Waals surface area contributed by atoms with Crippen molar-refractivity contribution < 1.29 is 4.79 Å². The third kappa shape index (κ3) is 4.19. The lowest BCUT2D eigenvalue weighted by molar-refractivity contribution is -0.115. The number of hydrogen-bond donors (Lipinski definition) is 2. The molecule has 0 atom stereocenters. The van der Waals surface area contributed by atoms with Gasteiger partial charge in [-0.15, -0.1) is 0 Å². The zero-order chi connectivity index (χ0) is 12.1. The van der Waals surface area contributed by atoms with E-state index in [1.807, 2.05) is 24.3 Å². The molecule has 0 spiro atoms. The third-order valence-corrected chi connectivity index (χ3v) is 3.06. The number of rotatable bonds is 6. The van der Waals surface area contributed by atoms with E-state index in [4.69, 9.17) is 0 Å². The van der Waals surface area contributed by atoms with Gasteiger partial charge in [0.05, 0.1) is 6.54 Å². The van der Waals surface area contributed by atoms with Crippen molar-refractivity contribution in [2.45, 2.75) is 26.2 Å². The average Bonchev–Trinajstić information content (AvgIpc) is 3.14. The number of benzene rings is 1. The molecule has 92 valence electrons. The van der Waals surface area contributed by atoms with E-state index in [1.54, 1.807) is 0 Å². The van der Waals surface area contributed by atoms with Crippen LogP contribution in [0, 0.1) is 5.92 Å². The highest BCUT2D eigenvalue weighted by Crippen LogP contribution is 2.27. The first-order chi connectivity index (χ1) is 8.28. The largest absolute Gasteiger partial charge is 0.325 e. The van der Waals surface area contributed by atoms with E-state index in [-0.39, 0.29) is 5.91 Å². The summed E-state index contributed by atoms with van der Waals surface area (Å²) in [6.45, 7) is 3.50. The lowest BCUT2D eigenvalue weighted by Crippen LogP contribution is -2.29. The number of hydrogen-bond acceptors (Lipinski definition) is 2. The average molecular weight is 232 g/mol. The van der Waals surface area contributed by atoms with Gasteiger partial charge < -0.3 is 10.6 Å². The predicted molar refractivity (Wildman–Crippen MR) is 70.0 cm³/mol. The quantitative estimate of drug-likeness (QED) is 0.789. The Morgan fingerprint density at radius 2 is 2.00 bits per heavy atom. The molecular weight excluding hydrogens is 212 g/mol. The molecule has 2 rings (SSSR count). The van der Waals surface area contributed by atoms with Crippen LogP contribution in [0.15, 0.2) is 24.3 Å². The lowest BCUT2D eigenvalue weighted by Gasteiger charge is -2.06. The molecule has 1 amide bonds. The lowest BCUT2D eigenvalue weighted by atomic mass is 10.1. The first-order valence-electron chi connectivity index (χ1n) is 6.37. The van der Waals surface area contributed by atoms with Gasteiger partial charge in [0.1, 0.15) is 0 Å². The van der Waals surface area contributed by atoms with Gasteiger partial charge in [-0.2, -0.15) is 0 Å². The molecule has 0 aliphatic heterocycles. The molecule has 1 aliphatic carbocycles. The Labute approximate surface area is 103 Å². The van der Waals surface area contributed by atoms with E-state index in [0.29, 0.717) is 6.54 Å². The highest BCUT2D eigenvalue weighted by molar-refractivity contribution is 5.92. The Bertz CT molecular complexity index is 368. The Morgan fingerprint density at radius 3 is 2.59 bits per heavy atom. The molecule has 1 aromatic carbocycles. The first-order valence-corrected chi connectivity index (χ1v) is 6.37. The summed E-state index contributed by atoms with van der Waals surface area (Å²) in [4.78, 5) is 11.6. The summed E-state index contributed by atoms with van der Waals surface area (Å²) >= 11 is 0. The zero-order valence-corrected chi connectivity index (χ0v) is 10.3. The molecule has 3 heteroatoms. The monoisotopic (exact) mass is 232 g/mol. The van der Waals surface area contributed by atoms with Crippen LogP contribution in [-0.4, -0.2) is 19.0 Å². The van der Waals surface area contributed by atoms with E-state index in [0.717, 1.165) is 24.6 Å². The molecule has 2 N–H and O–H groups in total. The molecule has 0 saturated heterocycles. The van der Waals surface area contributed by atoms with Crippen LogP contribution in [0.25, 0.3) is 0 Å². The highest BCUT2D eigenvalue weighted by atomic mass is 16.1. The minimum Gasteiger partial charge on any atom is -0.325 e. The Kier molecular flexibility index (Phi) is 4.15. The topological polar surface area (TPSA) is 41.1 Å². The molecule has 0 aromatic heterocycles. The molecule has 3 nitrogen and oxygen atoms in total. The van der Waals surface area contributed by atoms with E-state index < -0.39 is 0 Å². The second-order valence-corrected chi connectivity index (χ2v) is 4.67. The number of anilines is 1. The maximum absolute atomic E-state index is 11.6. The molecule has 0 unspecified atom stereocenters. The van der Waals surface area contributed by atoms with Gasteiger partial charge in [0.2, 0.25) is 5.91 Å². The van der Waals surface area contributed by atoms with Gasteiger partial charge in [-0.25, -0.2) is 0 Å². The summed E-state index contributed by atoms with van der Waals surface area (Å²) in [5, 5.41) is 6.06. The van der Waals surface area contributed by atoms with Crippen molar-refractivity contribution in [2.24, 2.45) is 5.92 Å². The standard InChI is InChI=1S/C14H20N2O/c1-2-11-5-7-13(8-6-11)16-14(17)10-15-9-12-3-4-12/h5-8,12,15H,2-4,9-10H2,1H3,(H,16,17). The van der Waals surface area contributed by atoms with Gasteiger partial charge in [-0.1, -0.05) is 19.1 Å². The van der Waals surface area contributed by atoms with Crippen LogP contribution in [-0.2, 0) is 11.2 Å². The molecule has 1 fully saturated rings. The zero-order valence-electron chi connectivity index (χ0n) is 10.3. The van der Waals surface area contributed by atoms with Gasteiger partial charge in [-0.05, 0) is 49.4 Å². The van der Waals surface area contributed by atoms with Crippen LogP contribution in [0.2, 0.25) is 0 Å².